The van der Waals surface area contributed by atoms with E-state index in [0.29, 0.717) is 52.3 Å². The van der Waals surface area contributed by atoms with Crippen LogP contribution >= 0.6 is 15.9 Å². The van der Waals surface area contributed by atoms with Crippen molar-refractivity contribution in [2.75, 3.05) is 13.2 Å². The van der Waals surface area contributed by atoms with E-state index in [2.05, 4.69) is 49.8 Å². The van der Waals surface area contributed by atoms with Crippen LogP contribution in [-0.4, -0.2) is 27.5 Å². The maximum absolute atomic E-state index is 12.5. The summed E-state index contributed by atoms with van der Waals surface area (Å²) in [6.45, 7) is 15.4. The van der Waals surface area contributed by atoms with Crippen molar-refractivity contribution in [2.45, 2.75) is 58.1 Å². The van der Waals surface area contributed by atoms with E-state index in [-0.39, 0.29) is 5.04 Å². The summed E-state index contributed by atoms with van der Waals surface area (Å²) in [7, 11) is -2.09. The first-order valence-corrected chi connectivity index (χ1v) is 13.2. The van der Waals surface area contributed by atoms with Crippen LogP contribution in [0.3, 0.4) is 0 Å². The van der Waals surface area contributed by atoms with Gasteiger partial charge >= 0.3 is 5.97 Å². The molecule has 0 spiro atoms. The van der Waals surface area contributed by atoms with Crippen molar-refractivity contribution in [3.8, 4) is 11.5 Å². The lowest BCUT2D eigenvalue weighted by atomic mass is 10.1. The van der Waals surface area contributed by atoms with Crippen LogP contribution < -0.4 is 9.16 Å². The van der Waals surface area contributed by atoms with E-state index in [1.54, 1.807) is 13.0 Å². The van der Waals surface area contributed by atoms with Crippen LogP contribution in [0.15, 0.2) is 16.5 Å². The van der Waals surface area contributed by atoms with Crippen LogP contribution in [0, 0.1) is 0 Å². The molecule has 0 saturated carbocycles. The molecule has 5 nitrogen and oxygen atoms in total. The molecular weight excluding hydrogens is 428 g/mol. The van der Waals surface area contributed by atoms with Crippen LogP contribution in [0.4, 0.5) is 0 Å². The molecule has 27 heavy (non-hydrogen) atoms. The average molecular weight is 457 g/mol. The van der Waals surface area contributed by atoms with E-state index in [0.717, 1.165) is 0 Å². The molecule has 1 heterocycles. The minimum atomic E-state index is -2.09. The van der Waals surface area contributed by atoms with Crippen molar-refractivity contribution in [1.29, 1.82) is 0 Å². The topological polar surface area (TPSA) is 57.9 Å². The molecule has 1 aromatic heterocycles. The second kappa shape index (κ2) is 8.27. The molecule has 2 aromatic rings. The second-order valence-corrected chi connectivity index (χ2v) is 13.1. The summed E-state index contributed by atoms with van der Waals surface area (Å²) < 4.78 is 23.4. The molecule has 0 unspecified atom stereocenters. The van der Waals surface area contributed by atoms with Crippen molar-refractivity contribution in [2.24, 2.45) is 0 Å². The predicted molar refractivity (Wildman–Crippen MR) is 114 cm³/mol. The van der Waals surface area contributed by atoms with Gasteiger partial charge in [-0.2, -0.15) is 0 Å². The van der Waals surface area contributed by atoms with E-state index in [9.17, 15) is 4.79 Å². The Bertz CT molecular complexity index is 820. The van der Waals surface area contributed by atoms with Crippen molar-refractivity contribution in [1.82, 2.24) is 0 Å². The minimum Gasteiger partial charge on any atom is -0.541 e. The molecule has 0 aliphatic heterocycles. The third-order valence-electron chi connectivity index (χ3n) is 4.90. The van der Waals surface area contributed by atoms with Gasteiger partial charge in [0.2, 0.25) is 0 Å². The van der Waals surface area contributed by atoms with Crippen LogP contribution in [-0.2, 0) is 10.1 Å². The normalized spacial score (nSPS) is 12.3. The van der Waals surface area contributed by atoms with Crippen LogP contribution in [0.5, 0.6) is 11.5 Å². The Morgan fingerprint density at radius 3 is 2.33 bits per heavy atom. The van der Waals surface area contributed by atoms with Gasteiger partial charge in [0.15, 0.2) is 5.75 Å². The first kappa shape index (κ1) is 21.8. The lowest BCUT2D eigenvalue weighted by Gasteiger charge is -2.36. The number of alkyl halides is 1. The van der Waals surface area contributed by atoms with Gasteiger partial charge in [-0.1, -0.05) is 36.7 Å². The number of esters is 1. The lowest BCUT2D eigenvalue weighted by Crippen LogP contribution is -2.43. The highest BCUT2D eigenvalue weighted by Crippen LogP contribution is 2.43. The maximum atomic E-state index is 12.5. The van der Waals surface area contributed by atoms with Gasteiger partial charge < -0.3 is 18.3 Å². The van der Waals surface area contributed by atoms with Crippen molar-refractivity contribution < 1.29 is 23.1 Å². The summed E-state index contributed by atoms with van der Waals surface area (Å²) >= 11 is 3.39. The van der Waals surface area contributed by atoms with Gasteiger partial charge in [-0.15, -0.1) is 0 Å². The molecular formula is C20H29BrO5Si. The highest BCUT2D eigenvalue weighted by atomic mass is 79.9. The van der Waals surface area contributed by atoms with Crippen LogP contribution in [0.2, 0.25) is 18.1 Å². The van der Waals surface area contributed by atoms with E-state index in [1.165, 1.54) is 0 Å². The third kappa shape index (κ3) is 4.51. The Labute approximate surface area is 170 Å². The average Bonchev–Trinajstić information content (AvgIpc) is 2.91. The largest absolute Gasteiger partial charge is 0.541 e. The zero-order valence-electron chi connectivity index (χ0n) is 17.2. The van der Waals surface area contributed by atoms with Gasteiger partial charge in [-0.3, -0.25) is 0 Å². The summed E-state index contributed by atoms with van der Waals surface area (Å²) in [5.74, 6) is 1.41. The quantitative estimate of drug-likeness (QED) is 0.278. The standard InChI is InChI=1S/C20H29BrO5Si/c1-8-23-15-11-14-13(10-16(15)26-27(6,7)20(3,4)5)18(17(12-21)25-14)19(22)24-9-2/h10-11H,8-9,12H2,1-7H3. The number of fused-ring (bicyclic) bond motifs is 1. The SMILES string of the molecule is CCOC(=O)c1c(CBr)oc2cc(OCC)c(O[Si](C)(C)C(C)(C)C)cc12. The fourth-order valence-corrected chi connectivity index (χ4v) is 3.86. The van der Waals surface area contributed by atoms with Gasteiger partial charge in [0.25, 0.3) is 8.32 Å². The third-order valence-corrected chi connectivity index (χ3v) is 9.75. The minimum absolute atomic E-state index is 0.0346. The fourth-order valence-electron chi connectivity index (χ4n) is 2.45. The molecule has 0 radical (unpaired) electrons. The fraction of sp³-hybridized carbons (Fsp3) is 0.550. The van der Waals surface area contributed by atoms with Gasteiger partial charge in [0.1, 0.15) is 22.7 Å². The highest BCUT2D eigenvalue weighted by molar-refractivity contribution is 9.08. The number of ether oxygens (including phenoxy) is 2. The molecule has 0 N–H and O–H groups in total. The molecule has 150 valence electrons. The number of benzene rings is 1. The number of furan rings is 1. The van der Waals surface area contributed by atoms with Crippen LogP contribution in [0.25, 0.3) is 11.0 Å². The molecule has 2 rings (SSSR count). The van der Waals surface area contributed by atoms with Crippen molar-refractivity contribution in [3.63, 3.8) is 0 Å². The first-order valence-electron chi connectivity index (χ1n) is 9.20. The zero-order valence-corrected chi connectivity index (χ0v) is 19.8. The summed E-state index contributed by atoms with van der Waals surface area (Å²) in [5.41, 5.74) is 1.02. The van der Waals surface area contributed by atoms with Gasteiger partial charge in [0.05, 0.1) is 18.5 Å². The van der Waals surface area contributed by atoms with Gasteiger partial charge in [0, 0.05) is 11.5 Å². The number of rotatable bonds is 7. The Kier molecular flexibility index (Phi) is 6.68. The van der Waals surface area contributed by atoms with E-state index < -0.39 is 14.3 Å². The van der Waals surface area contributed by atoms with Gasteiger partial charge in [-0.25, -0.2) is 4.79 Å². The molecule has 1 aromatic carbocycles. The number of carbonyl (C=O) groups excluding carboxylic acids is 1. The highest BCUT2D eigenvalue weighted by Gasteiger charge is 2.40. The Morgan fingerprint density at radius 2 is 1.81 bits per heavy atom. The number of hydrogen-bond acceptors (Lipinski definition) is 5. The molecule has 7 heteroatoms. The smallest absolute Gasteiger partial charge is 0.342 e. The molecule has 0 fully saturated rings. The number of hydrogen-bond donors (Lipinski definition) is 0. The van der Waals surface area contributed by atoms with Gasteiger partial charge in [-0.05, 0) is 38.0 Å². The number of halogens is 1. The van der Waals surface area contributed by atoms with Crippen LogP contribution in [0.1, 0.15) is 50.7 Å². The Balaban J connectivity index is 2.66. The monoisotopic (exact) mass is 456 g/mol. The molecule has 0 aliphatic rings. The summed E-state index contributed by atoms with van der Waals surface area (Å²) in [5, 5.41) is 1.13. The van der Waals surface area contributed by atoms with E-state index in [4.69, 9.17) is 18.3 Å². The molecule has 0 saturated heterocycles. The predicted octanol–water partition coefficient (Wildman–Crippen LogP) is 6.29. The Hall–Kier alpha value is -1.47. The molecule has 0 bridgehead atoms. The van der Waals surface area contributed by atoms with E-state index in [1.807, 2.05) is 13.0 Å². The summed E-state index contributed by atoms with van der Waals surface area (Å²) in [6.07, 6.45) is 0. The summed E-state index contributed by atoms with van der Waals surface area (Å²) in [6, 6.07) is 3.65. The van der Waals surface area contributed by atoms with E-state index >= 15 is 0 Å². The van der Waals surface area contributed by atoms with Crippen molar-refractivity contribution in [3.05, 3.63) is 23.5 Å². The zero-order chi connectivity index (χ0) is 20.4. The Morgan fingerprint density at radius 1 is 1.15 bits per heavy atom. The van der Waals surface area contributed by atoms with Crippen molar-refractivity contribution >= 4 is 41.2 Å². The summed E-state index contributed by atoms with van der Waals surface area (Å²) in [4.78, 5) is 12.5. The molecule has 0 aliphatic carbocycles. The molecule has 0 amide bonds. The lowest BCUT2D eigenvalue weighted by molar-refractivity contribution is 0.0526. The maximum Gasteiger partial charge on any atom is 0.342 e. The molecule has 0 atom stereocenters. The number of carbonyl (C=O) groups is 1. The first-order chi connectivity index (χ1) is 12.6. The second-order valence-electron chi connectivity index (χ2n) is 7.84.